The minimum Gasteiger partial charge on any atom is -0.497 e. The van der Waals surface area contributed by atoms with Gasteiger partial charge in [0, 0.05) is 42.5 Å². The van der Waals surface area contributed by atoms with Crippen LogP contribution in [0.4, 0.5) is 10.5 Å². The van der Waals surface area contributed by atoms with Gasteiger partial charge in [-0.05, 0) is 67.0 Å². The zero-order valence-corrected chi connectivity index (χ0v) is 24.3. The number of nitrogens with zero attached hydrogens (tertiary/aromatic N) is 2. The summed E-state index contributed by atoms with van der Waals surface area (Å²) in [5.41, 5.74) is 2.98. The maximum Gasteiger partial charge on any atom is 0.408 e. The topological polar surface area (TPSA) is 119 Å². The molecule has 5 rings (SSSR count). The highest BCUT2D eigenvalue weighted by molar-refractivity contribution is 5.84. The Balaban J connectivity index is 1.16. The number of carbonyl (C=O) groups is 2. The molecule has 2 amide bonds. The molecular weight excluding hydrogens is 530 g/mol. The number of H-pyrrole nitrogens is 1. The molecule has 1 saturated heterocycles. The lowest BCUT2D eigenvalue weighted by Crippen LogP contribution is -2.48. The Hall–Kier alpha value is -4.19. The number of amides is 2. The average molecular weight is 572 g/mol. The number of benzene rings is 2. The average Bonchev–Trinajstić information content (AvgIpc) is 3.44. The van der Waals surface area contributed by atoms with E-state index in [0.717, 1.165) is 79.6 Å². The van der Waals surface area contributed by atoms with Crippen molar-refractivity contribution in [3.05, 3.63) is 60.3 Å². The summed E-state index contributed by atoms with van der Waals surface area (Å²) < 4.78 is 11.0. The number of hydrogen-bond donors (Lipinski definition) is 3. The van der Waals surface area contributed by atoms with Crippen LogP contribution in [-0.4, -0.2) is 55.4 Å². The number of nitrogens with one attached hydrogen (secondary N) is 3. The van der Waals surface area contributed by atoms with Crippen molar-refractivity contribution in [1.29, 1.82) is 5.26 Å². The number of aromatic amines is 1. The molecule has 2 aromatic carbocycles. The van der Waals surface area contributed by atoms with Crippen molar-refractivity contribution < 1.29 is 19.1 Å². The minimum atomic E-state index is -0.939. The number of fused-ring (bicyclic) bond motifs is 1. The van der Waals surface area contributed by atoms with E-state index in [9.17, 15) is 14.9 Å². The summed E-state index contributed by atoms with van der Waals surface area (Å²) in [4.78, 5) is 32.1. The second-order valence-electron chi connectivity index (χ2n) is 11.5. The summed E-state index contributed by atoms with van der Waals surface area (Å²) in [6, 6.07) is 19.3. The quantitative estimate of drug-likeness (QED) is 0.297. The second kappa shape index (κ2) is 14.1. The van der Waals surface area contributed by atoms with Gasteiger partial charge >= 0.3 is 6.09 Å². The van der Waals surface area contributed by atoms with Crippen molar-refractivity contribution in [3.63, 3.8) is 0 Å². The summed E-state index contributed by atoms with van der Waals surface area (Å²) in [6.45, 7) is 1.61. The van der Waals surface area contributed by atoms with Gasteiger partial charge in [-0.2, -0.15) is 5.26 Å². The zero-order chi connectivity index (χ0) is 29.3. The van der Waals surface area contributed by atoms with Crippen molar-refractivity contribution in [2.24, 2.45) is 5.92 Å². The van der Waals surface area contributed by atoms with Gasteiger partial charge < -0.3 is 30.0 Å². The number of rotatable bonds is 10. The Morgan fingerprint density at radius 1 is 1.05 bits per heavy atom. The first-order valence-electron chi connectivity index (χ1n) is 15.1. The van der Waals surface area contributed by atoms with Crippen molar-refractivity contribution in [2.45, 2.75) is 76.0 Å². The predicted molar refractivity (Wildman–Crippen MR) is 162 cm³/mol. The van der Waals surface area contributed by atoms with Crippen LogP contribution in [0.2, 0.25) is 0 Å². The molecule has 9 nitrogen and oxygen atoms in total. The fraction of sp³-hybridized carbons (Fsp3) is 0.485. The van der Waals surface area contributed by atoms with E-state index in [1.165, 1.54) is 6.42 Å². The number of hydrogen-bond acceptors (Lipinski definition) is 6. The van der Waals surface area contributed by atoms with Gasteiger partial charge in [0.25, 0.3) is 5.91 Å². The van der Waals surface area contributed by atoms with E-state index >= 15 is 0 Å². The van der Waals surface area contributed by atoms with Crippen LogP contribution in [0.25, 0.3) is 10.9 Å². The summed E-state index contributed by atoms with van der Waals surface area (Å²) in [5, 5.41) is 16.7. The highest BCUT2D eigenvalue weighted by Gasteiger charge is 2.31. The number of piperidine rings is 1. The number of alkyl carbamates (subject to hydrolysis) is 1. The Morgan fingerprint density at radius 3 is 2.48 bits per heavy atom. The van der Waals surface area contributed by atoms with Crippen LogP contribution in [0.15, 0.2) is 54.6 Å². The molecule has 2 unspecified atom stereocenters. The molecule has 3 aromatic rings. The van der Waals surface area contributed by atoms with E-state index in [1.807, 2.05) is 54.6 Å². The lowest BCUT2D eigenvalue weighted by Gasteiger charge is -2.34. The highest BCUT2D eigenvalue weighted by Crippen LogP contribution is 2.29. The number of ether oxygens (including phenoxy) is 2. The number of methoxy groups -OCH3 is 1. The molecule has 222 valence electrons. The smallest absolute Gasteiger partial charge is 0.408 e. The van der Waals surface area contributed by atoms with Crippen LogP contribution in [0.5, 0.6) is 5.75 Å². The Bertz CT molecular complexity index is 1330. The molecule has 1 saturated carbocycles. The molecule has 1 aromatic heterocycles. The van der Waals surface area contributed by atoms with Crippen molar-refractivity contribution in [2.75, 3.05) is 25.1 Å². The summed E-state index contributed by atoms with van der Waals surface area (Å²) in [6.07, 6.45) is 6.35. The fourth-order valence-corrected chi connectivity index (χ4v) is 6.20. The number of aromatic nitrogens is 1. The van der Waals surface area contributed by atoms with E-state index in [1.54, 1.807) is 7.11 Å². The zero-order valence-electron chi connectivity index (χ0n) is 24.3. The molecule has 2 aliphatic rings. The number of para-hydroxylation sites is 1. The third-order valence-electron chi connectivity index (χ3n) is 8.55. The molecule has 2 atom stereocenters. The lowest BCUT2D eigenvalue weighted by atomic mass is 9.85. The summed E-state index contributed by atoms with van der Waals surface area (Å²) >= 11 is 0. The van der Waals surface area contributed by atoms with Gasteiger partial charge in [-0.1, -0.05) is 50.3 Å². The van der Waals surface area contributed by atoms with Crippen LogP contribution in [0.3, 0.4) is 0 Å². The largest absolute Gasteiger partial charge is 0.497 e. The molecule has 2 fully saturated rings. The van der Waals surface area contributed by atoms with Crippen molar-refractivity contribution in [3.8, 4) is 11.8 Å². The summed E-state index contributed by atoms with van der Waals surface area (Å²) in [7, 11) is 1.65. The van der Waals surface area contributed by atoms with Crippen LogP contribution < -0.4 is 20.3 Å². The van der Waals surface area contributed by atoms with Crippen molar-refractivity contribution in [1.82, 2.24) is 15.6 Å². The first-order valence-corrected chi connectivity index (χ1v) is 15.1. The third-order valence-corrected chi connectivity index (χ3v) is 8.55. The van der Waals surface area contributed by atoms with Gasteiger partial charge in [-0.15, -0.1) is 0 Å². The molecule has 3 N–H and O–H groups in total. The third kappa shape index (κ3) is 7.75. The van der Waals surface area contributed by atoms with Crippen LogP contribution in [-0.2, 0) is 16.0 Å². The van der Waals surface area contributed by atoms with Crippen molar-refractivity contribution >= 4 is 28.6 Å². The van der Waals surface area contributed by atoms with Crippen LogP contribution >= 0.6 is 0 Å². The SMILES string of the molecule is COc1ccc(N2CCC(NC(=O)OC(CC3CCCCC3)C(=O)NC(C#N)Cc3cc4ccccc4[nH]3)CC2)cc1. The first kappa shape index (κ1) is 29.3. The van der Waals surface area contributed by atoms with Gasteiger partial charge in [0.2, 0.25) is 0 Å². The molecule has 1 aliphatic heterocycles. The molecular formula is C33H41N5O4. The number of nitriles is 1. The van der Waals surface area contributed by atoms with E-state index in [2.05, 4.69) is 26.6 Å². The minimum absolute atomic E-state index is 0.0285. The van der Waals surface area contributed by atoms with Gasteiger partial charge in [0.15, 0.2) is 6.10 Å². The van der Waals surface area contributed by atoms with Crippen LogP contribution in [0, 0.1) is 17.2 Å². The normalized spacial score (nSPS) is 17.7. The Morgan fingerprint density at radius 2 is 1.79 bits per heavy atom. The molecule has 1 aliphatic carbocycles. The maximum atomic E-state index is 13.4. The van der Waals surface area contributed by atoms with E-state index in [4.69, 9.17) is 9.47 Å². The molecule has 0 radical (unpaired) electrons. The highest BCUT2D eigenvalue weighted by atomic mass is 16.6. The summed E-state index contributed by atoms with van der Waals surface area (Å²) in [5.74, 6) is 0.737. The van der Waals surface area contributed by atoms with Gasteiger partial charge in [0.05, 0.1) is 13.2 Å². The Labute approximate surface area is 247 Å². The molecule has 2 heterocycles. The first-order chi connectivity index (χ1) is 20.5. The van der Waals surface area contributed by atoms with E-state index in [0.29, 0.717) is 18.8 Å². The number of anilines is 1. The van der Waals surface area contributed by atoms with Gasteiger partial charge in [-0.25, -0.2) is 4.79 Å². The van der Waals surface area contributed by atoms with E-state index < -0.39 is 24.1 Å². The predicted octanol–water partition coefficient (Wildman–Crippen LogP) is 5.46. The maximum absolute atomic E-state index is 13.4. The lowest BCUT2D eigenvalue weighted by molar-refractivity contribution is -0.131. The molecule has 42 heavy (non-hydrogen) atoms. The molecule has 9 heteroatoms. The monoisotopic (exact) mass is 571 g/mol. The second-order valence-corrected chi connectivity index (χ2v) is 11.5. The standard InChI is InChI=1S/C33H41N5O4/c1-41-29-13-11-28(12-14-29)38-17-15-25(16-18-38)37-33(40)42-31(19-23-7-3-2-4-8-23)32(39)36-27(22-34)21-26-20-24-9-5-6-10-30(24)35-26/h5-6,9-14,20,23,25,27,31,35H,2-4,7-8,15-19,21H2,1H3,(H,36,39)(H,37,40). The number of carbonyl (C=O) groups excluding carboxylic acids is 2. The Kier molecular flexibility index (Phi) is 9.86. The van der Waals surface area contributed by atoms with Gasteiger partial charge in [0.1, 0.15) is 11.8 Å². The molecule has 0 spiro atoms. The van der Waals surface area contributed by atoms with Crippen LogP contribution in [0.1, 0.15) is 57.1 Å². The molecule has 0 bridgehead atoms. The van der Waals surface area contributed by atoms with Gasteiger partial charge in [-0.3, -0.25) is 4.79 Å². The van der Waals surface area contributed by atoms with E-state index in [-0.39, 0.29) is 6.04 Å². The fourth-order valence-electron chi connectivity index (χ4n) is 6.20.